The van der Waals surface area contributed by atoms with Gasteiger partial charge in [-0.15, -0.1) is 0 Å². The first-order valence-electron chi connectivity index (χ1n) is 9.76. The fourth-order valence-corrected chi connectivity index (χ4v) is 4.11. The van der Waals surface area contributed by atoms with Crippen LogP contribution in [-0.4, -0.2) is 57.1 Å². The second kappa shape index (κ2) is 6.98. The number of ether oxygens (including phenoxy) is 1. The maximum Gasteiger partial charge on any atom is 0.259 e. The zero-order chi connectivity index (χ0) is 20.0. The van der Waals surface area contributed by atoms with Crippen molar-refractivity contribution < 1.29 is 13.9 Å². The first-order valence-corrected chi connectivity index (χ1v) is 9.76. The fraction of sp³-hybridized carbons (Fsp3) is 0.400. The molecule has 3 aromatic rings. The summed E-state index contributed by atoms with van der Waals surface area (Å²) in [5.74, 6) is 0.664. The molecule has 2 aliphatic rings. The Labute approximate surface area is 166 Å². The molecule has 0 spiro atoms. The topological polar surface area (TPSA) is 75.9 Å². The van der Waals surface area contributed by atoms with E-state index < -0.39 is 0 Å². The van der Waals surface area contributed by atoms with Gasteiger partial charge in [-0.3, -0.25) is 4.79 Å². The number of aromatic nitrogens is 4. The van der Waals surface area contributed by atoms with Crippen LogP contribution in [0.2, 0.25) is 0 Å². The number of hydrogen-bond donors (Lipinski definition) is 0. The highest BCUT2D eigenvalue weighted by atomic mass is 19.1. The third-order valence-corrected chi connectivity index (χ3v) is 5.56. The predicted molar refractivity (Wildman–Crippen MR) is 104 cm³/mol. The number of nitrogens with zero attached hydrogens (tertiary/aromatic N) is 6. The van der Waals surface area contributed by atoms with Gasteiger partial charge in [-0.2, -0.15) is 5.10 Å². The molecule has 0 aliphatic carbocycles. The minimum atomic E-state index is -0.382. The van der Waals surface area contributed by atoms with Crippen molar-refractivity contribution in [3.63, 3.8) is 0 Å². The van der Waals surface area contributed by atoms with Gasteiger partial charge in [-0.25, -0.2) is 18.9 Å². The van der Waals surface area contributed by atoms with Crippen LogP contribution < -0.4 is 9.64 Å². The molecule has 1 amide bonds. The van der Waals surface area contributed by atoms with Gasteiger partial charge in [-0.1, -0.05) is 0 Å². The first kappa shape index (κ1) is 17.8. The van der Waals surface area contributed by atoms with Gasteiger partial charge in [0.1, 0.15) is 17.2 Å². The number of carbonyl (C=O) groups is 1. The maximum atomic E-state index is 14.0. The van der Waals surface area contributed by atoms with Gasteiger partial charge >= 0.3 is 0 Å². The van der Waals surface area contributed by atoms with E-state index >= 15 is 0 Å². The molecule has 0 N–H and O–H groups in total. The Morgan fingerprint density at radius 1 is 1.24 bits per heavy atom. The van der Waals surface area contributed by atoms with Crippen molar-refractivity contribution in [2.24, 2.45) is 0 Å². The fourth-order valence-electron chi connectivity index (χ4n) is 4.11. The van der Waals surface area contributed by atoms with Gasteiger partial charge in [0.2, 0.25) is 5.88 Å². The Morgan fingerprint density at radius 2 is 2.14 bits per heavy atom. The highest BCUT2D eigenvalue weighted by Crippen LogP contribution is 2.39. The van der Waals surface area contributed by atoms with E-state index in [2.05, 4.69) is 15.0 Å². The van der Waals surface area contributed by atoms with E-state index in [0.717, 1.165) is 30.8 Å². The molecule has 5 rings (SSSR count). The van der Waals surface area contributed by atoms with E-state index in [0.29, 0.717) is 36.7 Å². The summed E-state index contributed by atoms with van der Waals surface area (Å²) >= 11 is 0. The highest BCUT2D eigenvalue weighted by Gasteiger charge is 2.31. The second-order valence-corrected chi connectivity index (χ2v) is 7.44. The molecule has 3 aromatic heterocycles. The van der Waals surface area contributed by atoms with Crippen LogP contribution in [0.15, 0.2) is 30.7 Å². The monoisotopic (exact) mass is 396 g/mol. The minimum Gasteiger partial charge on any atom is -0.477 e. The molecular formula is C20H21FN6O2. The minimum absolute atomic E-state index is 0.0872. The lowest BCUT2D eigenvalue weighted by Crippen LogP contribution is -2.29. The van der Waals surface area contributed by atoms with Crippen molar-refractivity contribution in [3.05, 3.63) is 47.7 Å². The standard InChI is InChI=1S/C20H21FN6O2/c1-25-6-3-9-29-19-14(10-13(21)11-22-19)16-4-2-7-26(16)17-5-8-27-18(24-17)15(12-23-27)20(25)28/h5,8,10-12,16H,2-4,6-7,9H2,1H3. The van der Waals surface area contributed by atoms with Crippen molar-refractivity contribution in [2.45, 2.75) is 25.3 Å². The smallest absolute Gasteiger partial charge is 0.259 e. The normalized spacial score (nSPS) is 19.8. The Bertz CT molecular complexity index is 1080. The van der Waals surface area contributed by atoms with Gasteiger partial charge in [0.05, 0.1) is 25.0 Å². The number of fused-ring (bicyclic) bond motifs is 5. The third-order valence-electron chi connectivity index (χ3n) is 5.56. The Balaban J connectivity index is 1.66. The molecule has 8 nitrogen and oxygen atoms in total. The number of pyridine rings is 1. The molecule has 2 bridgehead atoms. The Hall–Kier alpha value is -3.23. The van der Waals surface area contributed by atoms with Crippen molar-refractivity contribution in [1.29, 1.82) is 0 Å². The van der Waals surface area contributed by atoms with E-state index in [9.17, 15) is 9.18 Å². The average Bonchev–Trinajstić information content (AvgIpc) is 3.37. The molecule has 2 aliphatic heterocycles. The molecule has 1 atom stereocenters. The Kier molecular flexibility index (Phi) is 4.30. The van der Waals surface area contributed by atoms with Crippen LogP contribution in [-0.2, 0) is 0 Å². The molecule has 1 unspecified atom stereocenters. The number of amides is 1. The van der Waals surface area contributed by atoms with E-state index in [1.165, 1.54) is 12.3 Å². The van der Waals surface area contributed by atoms with Crippen molar-refractivity contribution in [3.8, 4) is 5.88 Å². The van der Waals surface area contributed by atoms with Crippen LogP contribution in [0.5, 0.6) is 5.88 Å². The number of carbonyl (C=O) groups excluding carboxylic acids is 1. The molecule has 0 radical (unpaired) electrons. The Morgan fingerprint density at radius 3 is 3.03 bits per heavy atom. The summed E-state index contributed by atoms with van der Waals surface area (Å²) < 4.78 is 21.5. The summed E-state index contributed by atoms with van der Waals surface area (Å²) in [4.78, 5) is 25.6. The molecule has 5 heterocycles. The molecule has 1 fully saturated rings. The summed E-state index contributed by atoms with van der Waals surface area (Å²) in [6.07, 6.45) is 6.97. The van der Waals surface area contributed by atoms with E-state index in [1.54, 1.807) is 28.9 Å². The summed E-state index contributed by atoms with van der Waals surface area (Å²) in [5.41, 5.74) is 1.73. The highest BCUT2D eigenvalue weighted by molar-refractivity contribution is 5.99. The summed E-state index contributed by atoms with van der Waals surface area (Å²) in [6, 6.07) is 3.29. The molecule has 1 saturated heterocycles. The lowest BCUT2D eigenvalue weighted by atomic mass is 10.1. The van der Waals surface area contributed by atoms with Crippen LogP contribution in [0.3, 0.4) is 0 Å². The van der Waals surface area contributed by atoms with Crippen molar-refractivity contribution in [2.75, 3.05) is 31.6 Å². The van der Waals surface area contributed by atoms with Gasteiger partial charge in [0.15, 0.2) is 5.65 Å². The quantitative estimate of drug-likeness (QED) is 0.581. The largest absolute Gasteiger partial charge is 0.477 e. The average molecular weight is 396 g/mol. The van der Waals surface area contributed by atoms with Gasteiger partial charge in [0, 0.05) is 31.9 Å². The first-order chi connectivity index (χ1) is 14.1. The lowest BCUT2D eigenvalue weighted by Gasteiger charge is -2.27. The molecule has 0 saturated carbocycles. The third kappa shape index (κ3) is 3.06. The molecule has 29 heavy (non-hydrogen) atoms. The van der Waals surface area contributed by atoms with Gasteiger partial charge < -0.3 is 14.5 Å². The van der Waals surface area contributed by atoms with Crippen molar-refractivity contribution >= 4 is 17.4 Å². The van der Waals surface area contributed by atoms with E-state index in [1.807, 2.05) is 6.07 Å². The van der Waals surface area contributed by atoms with Crippen LogP contribution in [0, 0.1) is 5.82 Å². The SMILES string of the molecule is CN1CCCOc2ncc(F)cc2C2CCCN2c2ccn3ncc(c3n2)C1=O. The van der Waals surface area contributed by atoms with Gasteiger partial charge in [-0.05, 0) is 31.4 Å². The molecular weight excluding hydrogens is 375 g/mol. The summed E-state index contributed by atoms with van der Waals surface area (Å²) in [5, 5.41) is 4.27. The maximum absolute atomic E-state index is 14.0. The number of rotatable bonds is 0. The van der Waals surface area contributed by atoms with E-state index in [-0.39, 0.29) is 17.8 Å². The van der Waals surface area contributed by atoms with Crippen LogP contribution in [0.4, 0.5) is 10.2 Å². The molecule has 9 heteroatoms. The second-order valence-electron chi connectivity index (χ2n) is 7.44. The number of hydrogen-bond acceptors (Lipinski definition) is 6. The zero-order valence-corrected chi connectivity index (χ0v) is 16.1. The van der Waals surface area contributed by atoms with Crippen LogP contribution >= 0.6 is 0 Å². The van der Waals surface area contributed by atoms with Crippen LogP contribution in [0.1, 0.15) is 41.2 Å². The number of anilines is 1. The van der Waals surface area contributed by atoms with E-state index in [4.69, 9.17) is 9.72 Å². The summed E-state index contributed by atoms with van der Waals surface area (Å²) in [7, 11) is 1.75. The van der Waals surface area contributed by atoms with Crippen LogP contribution in [0.25, 0.3) is 5.65 Å². The van der Waals surface area contributed by atoms with Crippen molar-refractivity contribution in [1.82, 2.24) is 24.5 Å². The molecule has 150 valence electrons. The predicted octanol–water partition coefficient (Wildman–Crippen LogP) is 2.46. The molecule has 0 aromatic carbocycles. The summed E-state index contributed by atoms with van der Waals surface area (Å²) in [6.45, 7) is 1.69. The van der Waals surface area contributed by atoms with Gasteiger partial charge in [0.25, 0.3) is 5.91 Å². The lowest BCUT2D eigenvalue weighted by molar-refractivity contribution is 0.0789. The zero-order valence-electron chi connectivity index (χ0n) is 16.1. The number of halogens is 1.